The maximum Gasteiger partial charge on any atom is 0.417 e. The van der Waals surface area contributed by atoms with E-state index in [-0.39, 0.29) is 5.91 Å². The number of allylic oxidation sites excluding steroid dienone is 4. The molecule has 0 aliphatic heterocycles. The molecule has 0 fully saturated rings. The highest BCUT2D eigenvalue weighted by atomic mass is 19.4. The molecular formula is C19H31F3N2O. The van der Waals surface area contributed by atoms with Crippen molar-refractivity contribution in [2.75, 3.05) is 13.1 Å². The van der Waals surface area contributed by atoms with E-state index < -0.39 is 11.7 Å². The number of carbonyl (C=O) groups is 1. The van der Waals surface area contributed by atoms with Gasteiger partial charge in [-0.25, -0.2) is 0 Å². The number of aliphatic imine (C=N–C) groups is 1. The fourth-order valence-electron chi connectivity index (χ4n) is 2.39. The summed E-state index contributed by atoms with van der Waals surface area (Å²) in [4.78, 5) is 17.6. The molecule has 0 aliphatic rings. The Hall–Kier alpha value is -1.59. The van der Waals surface area contributed by atoms with Crippen molar-refractivity contribution in [1.82, 2.24) is 4.90 Å². The lowest BCUT2D eigenvalue weighted by Gasteiger charge is -2.21. The molecule has 3 nitrogen and oxygen atoms in total. The zero-order valence-corrected chi connectivity index (χ0v) is 15.8. The lowest BCUT2D eigenvalue weighted by Crippen LogP contribution is -2.32. The molecule has 0 aromatic rings. The van der Waals surface area contributed by atoms with Crippen LogP contribution in [0.3, 0.4) is 0 Å². The maximum atomic E-state index is 12.6. The van der Waals surface area contributed by atoms with E-state index in [1.54, 1.807) is 13.0 Å². The Labute approximate surface area is 149 Å². The molecule has 0 aromatic carbocycles. The van der Waals surface area contributed by atoms with Gasteiger partial charge in [-0.15, -0.1) is 0 Å². The monoisotopic (exact) mass is 360 g/mol. The Bertz CT molecular complexity index is 480. The summed E-state index contributed by atoms with van der Waals surface area (Å²) >= 11 is 0. The average Bonchev–Trinajstić information content (AvgIpc) is 2.57. The summed E-state index contributed by atoms with van der Waals surface area (Å²) in [6, 6.07) is 0. The number of halogens is 3. The molecule has 0 aliphatic carbocycles. The Kier molecular flexibility index (Phi) is 11.9. The third-order valence-electron chi connectivity index (χ3n) is 3.85. The molecule has 1 amide bonds. The smallest absolute Gasteiger partial charge is 0.343 e. The molecule has 144 valence electrons. The van der Waals surface area contributed by atoms with Crippen molar-refractivity contribution < 1.29 is 18.0 Å². The summed E-state index contributed by atoms with van der Waals surface area (Å²) < 4.78 is 37.9. The van der Waals surface area contributed by atoms with Crippen LogP contribution in [0.15, 0.2) is 28.4 Å². The van der Waals surface area contributed by atoms with Crippen molar-refractivity contribution >= 4 is 12.1 Å². The molecule has 0 unspecified atom stereocenters. The number of hydrogen-bond donors (Lipinski definition) is 0. The van der Waals surface area contributed by atoms with Gasteiger partial charge in [0.2, 0.25) is 5.91 Å². The quantitative estimate of drug-likeness (QED) is 0.345. The highest BCUT2D eigenvalue weighted by molar-refractivity contribution is 5.80. The minimum atomic E-state index is -4.37. The number of amides is 1. The van der Waals surface area contributed by atoms with E-state index in [0.717, 1.165) is 51.1 Å². The maximum absolute atomic E-state index is 12.6. The highest BCUT2D eigenvalue weighted by Crippen LogP contribution is 2.24. The summed E-state index contributed by atoms with van der Waals surface area (Å²) in [5.74, 6) is 0.173. The van der Waals surface area contributed by atoms with Gasteiger partial charge in [0.1, 0.15) is 0 Å². The van der Waals surface area contributed by atoms with Crippen LogP contribution in [-0.4, -0.2) is 36.3 Å². The van der Waals surface area contributed by atoms with Crippen molar-refractivity contribution in [2.24, 2.45) is 4.99 Å². The molecule has 0 radical (unpaired) electrons. The van der Waals surface area contributed by atoms with Crippen LogP contribution in [0.2, 0.25) is 0 Å². The van der Waals surface area contributed by atoms with Crippen LogP contribution in [-0.2, 0) is 4.79 Å². The molecule has 0 saturated carbocycles. The Morgan fingerprint density at radius 3 is 2.20 bits per heavy atom. The van der Waals surface area contributed by atoms with Crippen molar-refractivity contribution in [3.05, 3.63) is 23.4 Å². The van der Waals surface area contributed by atoms with E-state index >= 15 is 0 Å². The summed E-state index contributed by atoms with van der Waals surface area (Å²) in [6.07, 6.45) is 4.03. The Morgan fingerprint density at radius 2 is 1.72 bits per heavy atom. The molecular weight excluding hydrogens is 329 g/mol. The van der Waals surface area contributed by atoms with Crippen LogP contribution in [0.4, 0.5) is 13.2 Å². The second-order valence-corrected chi connectivity index (χ2v) is 5.82. The first-order valence-corrected chi connectivity index (χ1v) is 9.00. The fourth-order valence-corrected chi connectivity index (χ4v) is 2.39. The van der Waals surface area contributed by atoms with Crippen LogP contribution in [0.1, 0.15) is 66.2 Å². The van der Waals surface area contributed by atoms with Crippen molar-refractivity contribution in [3.63, 3.8) is 0 Å². The molecule has 0 rings (SSSR count). The summed E-state index contributed by atoms with van der Waals surface area (Å²) in [5.41, 5.74) is -0.0845. The van der Waals surface area contributed by atoms with E-state index in [9.17, 15) is 18.0 Å². The molecule has 0 aromatic heterocycles. The third-order valence-corrected chi connectivity index (χ3v) is 3.85. The standard InChI is InChI=1S/C19H31F3N2O/c1-5-13-24(18(25)8-4)14-11-9-10-12-17(7-3)23-15-16(6-2)19(20,21)22/h6-7,15H,5,8-14H2,1-4H3/b16-6+,17-7-,23-15+. The van der Waals surface area contributed by atoms with Gasteiger partial charge >= 0.3 is 6.18 Å². The molecule has 0 spiro atoms. The number of unbranched alkanes of at least 4 members (excludes halogenated alkanes) is 2. The minimum absolute atomic E-state index is 0.173. The number of carbonyl (C=O) groups excluding carboxylic acids is 1. The predicted molar refractivity (Wildman–Crippen MR) is 97.7 cm³/mol. The molecule has 0 atom stereocenters. The lowest BCUT2D eigenvalue weighted by atomic mass is 10.1. The molecule has 0 bridgehead atoms. The zero-order valence-electron chi connectivity index (χ0n) is 15.8. The molecule has 25 heavy (non-hydrogen) atoms. The van der Waals surface area contributed by atoms with Crippen LogP contribution < -0.4 is 0 Å². The minimum Gasteiger partial charge on any atom is -0.343 e. The zero-order chi connectivity index (χ0) is 19.3. The summed E-state index contributed by atoms with van der Waals surface area (Å²) in [7, 11) is 0. The van der Waals surface area contributed by atoms with E-state index in [0.29, 0.717) is 18.5 Å². The van der Waals surface area contributed by atoms with Gasteiger partial charge in [0, 0.05) is 31.4 Å². The normalized spacial score (nSPS) is 13.6. The molecule has 0 saturated heterocycles. The molecule has 0 heterocycles. The van der Waals surface area contributed by atoms with Gasteiger partial charge in [-0.2, -0.15) is 13.2 Å². The highest BCUT2D eigenvalue weighted by Gasteiger charge is 2.31. The van der Waals surface area contributed by atoms with E-state index in [2.05, 4.69) is 4.99 Å². The molecule has 6 heteroatoms. The Morgan fingerprint density at radius 1 is 1.04 bits per heavy atom. The summed E-state index contributed by atoms with van der Waals surface area (Å²) in [6.45, 7) is 8.56. The topological polar surface area (TPSA) is 32.7 Å². The fraction of sp³-hybridized carbons (Fsp3) is 0.684. The summed E-state index contributed by atoms with van der Waals surface area (Å²) in [5, 5.41) is 0. The number of nitrogens with zero attached hydrogens (tertiary/aromatic N) is 2. The van der Waals surface area contributed by atoms with Crippen LogP contribution in [0.25, 0.3) is 0 Å². The van der Waals surface area contributed by atoms with Gasteiger partial charge in [-0.1, -0.05) is 32.4 Å². The van der Waals surface area contributed by atoms with Crippen molar-refractivity contribution in [3.8, 4) is 0 Å². The van der Waals surface area contributed by atoms with Gasteiger partial charge in [0.25, 0.3) is 0 Å². The van der Waals surface area contributed by atoms with E-state index in [1.807, 2.05) is 18.7 Å². The number of hydrogen-bond acceptors (Lipinski definition) is 2. The van der Waals surface area contributed by atoms with Gasteiger partial charge in [-0.05, 0) is 39.5 Å². The van der Waals surface area contributed by atoms with Gasteiger partial charge in [0.05, 0.1) is 5.57 Å². The number of alkyl halides is 3. The first kappa shape index (κ1) is 23.4. The van der Waals surface area contributed by atoms with E-state index in [4.69, 9.17) is 0 Å². The SMILES string of the molecule is C\C=C(CCCCCN(CCC)C(=O)CC)/N=C/C(=C\C)C(F)(F)F. The second-order valence-electron chi connectivity index (χ2n) is 5.82. The van der Waals surface area contributed by atoms with Crippen LogP contribution in [0.5, 0.6) is 0 Å². The van der Waals surface area contributed by atoms with Crippen molar-refractivity contribution in [2.45, 2.75) is 72.4 Å². The largest absolute Gasteiger partial charge is 0.417 e. The number of rotatable bonds is 11. The lowest BCUT2D eigenvalue weighted by molar-refractivity contribution is -0.131. The second kappa shape index (κ2) is 12.7. The third kappa shape index (κ3) is 10.1. The Balaban J connectivity index is 4.31. The van der Waals surface area contributed by atoms with Crippen LogP contribution in [0, 0.1) is 0 Å². The predicted octanol–water partition coefficient (Wildman–Crippen LogP) is 5.68. The van der Waals surface area contributed by atoms with Crippen LogP contribution >= 0.6 is 0 Å². The molecule has 0 N–H and O–H groups in total. The first-order chi connectivity index (χ1) is 11.8. The average molecular weight is 360 g/mol. The van der Waals surface area contributed by atoms with Gasteiger partial charge < -0.3 is 4.90 Å². The van der Waals surface area contributed by atoms with Gasteiger partial charge in [-0.3, -0.25) is 9.79 Å². The van der Waals surface area contributed by atoms with Crippen molar-refractivity contribution in [1.29, 1.82) is 0 Å². The first-order valence-electron chi connectivity index (χ1n) is 9.00. The van der Waals surface area contributed by atoms with E-state index in [1.165, 1.54) is 6.92 Å². The van der Waals surface area contributed by atoms with Gasteiger partial charge in [0.15, 0.2) is 0 Å².